The number of nitrogens with two attached hydrogens (primary N) is 1. The Morgan fingerprint density at radius 2 is 1.74 bits per heavy atom. The quantitative estimate of drug-likeness (QED) is 0.0483. The van der Waals surface area contributed by atoms with Crippen molar-refractivity contribution in [3.63, 3.8) is 0 Å². The molecule has 0 aromatic heterocycles. The molecule has 0 unspecified atom stereocenters. The minimum absolute atomic E-state index is 0.00157. The highest BCUT2D eigenvalue weighted by Gasteiger charge is 2.82. The third-order valence-corrected chi connectivity index (χ3v) is 27.7. The zero-order valence-electron chi connectivity index (χ0n) is 49.8. The minimum Gasteiger partial charge on any atom is -0.396 e. The number of epoxide rings is 1. The molecule has 14 rings (SSSR count). The maximum absolute atomic E-state index is 16.3. The number of benzene rings is 1. The summed E-state index contributed by atoms with van der Waals surface area (Å²) >= 11 is 0. The number of aldehydes is 1. The van der Waals surface area contributed by atoms with Gasteiger partial charge in [0, 0.05) is 59.0 Å². The van der Waals surface area contributed by atoms with Gasteiger partial charge < -0.3 is 50.9 Å². The molecule has 0 radical (unpaired) electrons. The van der Waals surface area contributed by atoms with E-state index in [2.05, 4.69) is 67.4 Å². The smallest absolute Gasteiger partial charge is 0.159 e. The van der Waals surface area contributed by atoms with E-state index < -0.39 is 68.1 Å². The molecule has 0 bridgehead atoms. The van der Waals surface area contributed by atoms with Gasteiger partial charge in [0.2, 0.25) is 0 Å². The normalized spacial score (nSPS) is 47.3. The summed E-state index contributed by atoms with van der Waals surface area (Å²) in [6.45, 7) is 9.34. The predicted molar refractivity (Wildman–Crippen MR) is 314 cm³/mol. The van der Waals surface area contributed by atoms with Gasteiger partial charge in [-0.25, -0.2) is 0 Å². The zero-order valence-corrected chi connectivity index (χ0v) is 49.8. The van der Waals surface area contributed by atoms with E-state index in [-0.39, 0.29) is 71.3 Å². The Labute approximate surface area is 488 Å². The lowest BCUT2D eigenvalue weighted by Gasteiger charge is -2.72. The largest absolute Gasteiger partial charge is 0.396 e. The van der Waals surface area contributed by atoms with Crippen molar-refractivity contribution in [2.24, 2.45) is 91.0 Å². The standard InChI is InChI=1S/C71H96N2O9/c1-44-20-29-81-70(34-44,61-60(82-61)64(4,79)62(2,42-75)23-16-45-19-28-73-58(72)30-45)56-18-25-71(80)54-33-55(78)53-32-52(77)39-68-51-31-50(67(43-76)24-17-46(35-67)40-74)38-69(53,68)59(54)49(36-63(56,71)3)15-14-48-11-6-5-10-47(48)12-9-13-57(68)66(37-51)27-26-65(41-66)21-7-8-22-65/h5-6,10-11,19,30-31,33,40,44,46,49,51-53,56-57,59-61,73,75-77,79-80H,7-8,12,14-18,20-29,32,34-39,41-43,72H2,1-4H3/t44-,46+,49-,51+,52-,53+,56+,57-,59+,60+,61+,62+,63-,64+,66-,67+,68+,69+,70-,71-/m1/s1. The van der Waals surface area contributed by atoms with E-state index in [1.165, 1.54) is 48.8 Å². The summed E-state index contributed by atoms with van der Waals surface area (Å²) in [5.41, 5.74) is 4.77. The first kappa shape index (κ1) is 56.2. The van der Waals surface area contributed by atoms with Crippen molar-refractivity contribution >= 4 is 12.1 Å². The van der Waals surface area contributed by atoms with Gasteiger partial charge >= 0.3 is 0 Å². The van der Waals surface area contributed by atoms with Crippen LogP contribution < -0.4 is 11.1 Å². The molecule has 9 fully saturated rings. The Bertz CT molecular complexity index is 2960. The van der Waals surface area contributed by atoms with Crippen LogP contribution in [0.5, 0.6) is 0 Å². The minimum atomic E-state index is -1.44. The summed E-state index contributed by atoms with van der Waals surface area (Å²) in [7, 11) is 0. The second-order valence-corrected chi connectivity index (χ2v) is 31.3. The molecule has 3 heterocycles. The molecule has 10 aliphatic carbocycles. The van der Waals surface area contributed by atoms with Gasteiger partial charge in [0.1, 0.15) is 24.1 Å². The van der Waals surface area contributed by atoms with Gasteiger partial charge in [-0.15, -0.1) is 0 Å². The van der Waals surface area contributed by atoms with Crippen molar-refractivity contribution in [1.29, 1.82) is 0 Å². The van der Waals surface area contributed by atoms with Gasteiger partial charge in [-0.1, -0.05) is 87.4 Å². The van der Waals surface area contributed by atoms with Gasteiger partial charge in [-0.3, -0.25) is 4.79 Å². The molecule has 7 saturated carbocycles. The molecule has 20 atom stereocenters. The lowest BCUT2D eigenvalue weighted by atomic mass is 9.31. The lowest BCUT2D eigenvalue weighted by Crippen LogP contribution is -2.71. The summed E-state index contributed by atoms with van der Waals surface area (Å²) in [5, 5.41) is 67.1. The van der Waals surface area contributed by atoms with E-state index in [0.29, 0.717) is 89.6 Å². The monoisotopic (exact) mass is 1120 g/mol. The molecule has 4 spiro atoms. The van der Waals surface area contributed by atoms with Gasteiger partial charge in [-0.05, 0) is 222 Å². The Hall–Kier alpha value is -3.60. The Morgan fingerprint density at radius 3 is 2.49 bits per heavy atom. The summed E-state index contributed by atoms with van der Waals surface area (Å²) in [6.07, 6.45) is 27.7. The first-order valence-corrected chi connectivity index (χ1v) is 32.7. The number of hydrogen-bond donors (Lipinski definition) is 7. The highest BCUT2D eigenvalue weighted by atomic mass is 16.6. The molecule has 1 aromatic rings. The van der Waals surface area contributed by atoms with Crippen molar-refractivity contribution in [1.82, 2.24) is 5.32 Å². The molecule has 8 N–H and O–H groups in total. The number of carbonyl (C=O) groups is 2. The fraction of sp³-hybridized carbons (Fsp3) is 0.746. The van der Waals surface area contributed by atoms with Gasteiger partial charge in [0.25, 0.3) is 0 Å². The number of rotatable bonds is 11. The first-order valence-electron chi connectivity index (χ1n) is 32.7. The number of dihydropyridines is 1. The van der Waals surface area contributed by atoms with Crippen LogP contribution in [0.25, 0.3) is 0 Å². The van der Waals surface area contributed by atoms with Crippen LogP contribution in [0.2, 0.25) is 0 Å². The lowest BCUT2D eigenvalue weighted by molar-refractivity contribution is -0.226. The third-order valence-electron chi connectivity index (χ3n) is 27.7. The third kappa shape index (κ3) is 7.77. The summed E-state index contributed by atoms with van der Waals surface area (Å²) in [6, 6.07) is 8.90. The molecule has 444 valence electrons. The van der Waals surface area contributed by atoms with E-state index >= 15 is 4.79 Å². The van der Waals surface area contributed by atoms with E-state index in [4.69, 9.17) is 15.2 Å². The van der Waals surface area contributed by atoms with Crippen molar-refractivity contribution in [2.75, 3.05) is 26.4 Å². The van der Waals surface area contributed by atoms with Crippen molar-refractivity contribution in [3.05, 3.63) is 82.2 Å². The predicted octanol–water partition coefficient (Wildman–Crippen LogP) is 9.70. The second kappa shape index (κ2) is 19.5. The molecular weight excluding hydrogens is 1020 g/mol. The molecule has 13 aliphatic rings. The number of ketones is 1. The first-order chi connectivity index (χ1) is 39.2. The molecule has 11 heteroatoms. The van der Waals surface area contributed by atoms with Crippen LogP contribution in [0.1, 0.15) is 180 Å². The number of aliphatic hydroxyl groups excluding tert-OH is 3. The molecule has 11 nitrogen and oxygen atoms in total. The number of hydrogen-bond acceptors (Lipinski definition) is 11. The molecule has 0 amide bonds. The Morgan fingerprint density at radius 1 is 0.939 bits per heavy atom. The van der Waals surface area contributed by atoms with E-state index in [9.17, 15) is 30.3 Å². The van der Waals surface area contributed by atoms with Crippen LogP contribution in [-0.4, -0.2) is 99.1 Å². The van der Waals surface area contributed by atoms with Crippen LogP contribution in [0, 0.1) is 97.1 Å². The number of aliphatic hydroxyl groups is 5. The van der Waals surface area contributed by atoms with E-state index in [0.717, 1.165) is 68.8 Å². The van der Waals surface area contributed by atoms with Crippen LogP contribution in [0.3, 0.4) is 0 Å². The summed E-state index contributed by atoms with van der Waals surface area (Å²) < 4.78 is 14.4. The Kier molecular flexibility index (Phi) is 13.3. The van der Waals surface area contributed by atoms with E-state index in [1.54, 1.807) is 0 Å². The fourth-order valence-electron chi connectivity index (χ4n) is 23.6. The average Bonchev–Trinajstić information content (AvgIpc) is 1.67. The SMILES string of the molecule is C[C@@H]1CCO[C@]([C@H]2CC[C@@]3(O)C4=CC(=O)[C@@H]5C[C@@H](O)C[C@]67[C@@H]8C#CCc9ccccc9CC[C@H](C[C@]23C)[C@@H]4[C@]56CC([C@@]2(CO)CC[C@H](C=O)C2)=C[C@H]7C[C@@]82CCC3(CCCC3)C2)([C@H]2O[C@@H]2[C@](C)(O)[C@](C)(CO)CCC2=CCNC(N)=C2)C1. The van der Waals surface area contributed by atoms with Crippen molar-refractivity contribution in [3.8, 4) is 11.8 Å². The van der Waals surface area contributed by atoms with Crippen LogP contribution in [-0.2, 0) is 31.9 Å². The number of carbonyl (C=O) groups excluding carboxylic acids is 2. The maximum Gasteiger partial charge on any atom is 0.159 e. The number of ether oxygens (including phenoxy) is 2. The highest BCUT2D eigenvalue weighted by molar-refractivity contribution is 5.95. The maximum atomic E-state index is 16.3. The number of allylic oxidation sites excluding steroid dienone is 4. The van der Waals surface area contributed by atoms with Crippen molar-refractivity contribution in [2.45, 2.75) is 217 Å². The van der Waals surface area contributed by atoms with Gasteiger partial charge in [0.15, 0.2) is 5.78 Å². The van der Waals surface area contributed by atoms with Crippen LogP contribution >= 0.6 is 0 Å². The number of aryl methyl sites for hydroxylation is 1. The molecule has 2 saturated heterocycles. The van der Waals surface area contributed by atoms with Gasteiger partial charge in [0.05, 0.1) is 36.3 Å². The molecule has 1 aromatic carbocycles. The molecule has 3 aliphatic heterocycles. The molecule has 82 heavy (non-hydrogen) atoms. The summed E-state index contributed by atoms with van der Waals surface area (Å²) in [4.78, 5) is 29.1. The average molecular weight is 1120 g/mol. The zero-order chi connectivity index (χ0) is 57.1. The van der Waals surface area contributed by atoms with E-state index in [1.807, 2.05) is 26.0 Å². The molecular formula is C71H96N2O9. The van der Waals surface area contributed by atoms with Crippen molar-refractivity contribution < 1.29 is 44.6 Å². The Balaban J connectivity index is 0.932. The number of nitrogens with one attached hydrogen (secondary N) is 1. The topological polar surface area (TPSA) is 195 Å². The second-order valence-electron chi connectivity index (χ2n) is 31.3. The highest BCUT2D eigenvalue weighted by Crippen LogP contribution is 2.84. The van der Waals surface area contributed by atoms with Crippen LogP contribution in [0.4, 0.5) is 0 Å². The number of fused-ring (bicyclic) bond motifs is 4. The van der Waals surface area contributed by atoms with Crippen LogP contribution in [0.15, 0.2) is 71.1 Å². The fourth-order valence-corrected chi connectivity index (χ4v) is 23.6. The van der Waals surface area contributed by atoms with Gasteiger partial charge in [-0.2, -0.15) is 0 Å². The summed E-state index contributed by atoms with van der Waals surface area (Å²) in [5.74, 6) is 7.99.